The van der Waals surface area contributed by atoms with Crippen molar-refractivity contribution < 1.29 is 13.9 Å². The lowest BCUT2D eigenvalue weighted by Gasteiger charge is -2.09. The highest BCUT2D eigenvalue weighted by molar-refractivity contribution is 6.06. The highest BCUT2D eigenvalue weighted by Gasteiger charge is 2.15. The average molecular weight is 330 g/mol. The van der Waals surface area contributed by atoms with Crippen LogP contribution in [0.1, 0.15) is 6.92 Å². The summed E-state index contributed by atoms with van der Waals surface area (Å²) < 4.78 is 10.9. The van der Waals surface area contributed by atoms with Gasteiger partial charge in [0.25, 0.3) is 0 Å². The Kier molecular flexibility index (Phi) is 3.58. The van der Waals surface area contributed by atoms with Crippen LogP contribution in [0.3, 0.4) is 0 Å². The molecule has 0 unspecified atom stereocenters. The number of rotatable bonds is 2. The SMILES string of the molecule is CC(=O)Oc1ccccc1-c1coc2ccc3ccccc3c2c1=O. The van der Waals surface area contributed by atoms with Crippen molar-refractivity contribution in [3.05, 3.63) is 77.2 Å². The van der Waals surface area contributed by atoms with Gasteiger partial charge in [-0.1, -0.05) is 48.5 Å². The molecular formula is C21H14O4. The van der Waals surface area contributed by atoms with Crippen LogP contribution in [-0.2, 0) is 4.79 Å². The molecule has 0 radical (unpaired) electrons. The lowest BCUT2D eigenvalue weighted by molar-refractivity contribution is -0.131. The molecule has 0 aliphatic carbocycles. The van der Waals surface area contributed by atoms with E-state index in [1.54, 1.807) is 30.3 Å². The van der Waals surface area contributed by atoms with E-state index >= 15 is 0 Å². The van der Waals surface area contributed by atoms with Crippen molar-refractivity contribution in [2.45, 2.75) is 6.92 Å². The molecule has 0 atom stereocenters. The van der Waals surface area contributed by atoms with Gasteiger partial charge in [0.05, 0.1) is 10.9 Å². The fraction of sp³-hybridized carbons (Fsp3) is 0.0476. The highest BCUT2D eigenvalue weighted by atomic mass is 16.5. The van der Waals surface area contributed by atoms with E-state index in [0.717, 1.165) is 10.8 Å². The van der Waals surface area contributed by atoms with Crippen molar-refractivity contribution in [1.82, 2.24) is 0 Å². The fourth-order valence-corrected chi connectivity index (χ4v) is 3.01. The standard InChI is InChI=1S/C21H14O4/c1-13(22)25-18-9-5-4-8-16(18)17-12-24-19-11-10-14-6-2-3-7-15(14)20(19)21(17)23/h2-12H,1H3. The maximum absolute atomic E-state index is 13.2. The van der Waals surface area contributed by atoms with Crippen molar-refractivity contribution in [3.63, 3.8) is 0 Å². The smallest absolute Gasteiger partial charge is 0.308 e. The van der Waals surface area contributed by atoms with Crippen molar-refractivity contribution in [2.24, 2.45) is 0 Å². The van der Waals surface area contributed by atoms with Gasteiger partial charge in [-0.3, -0.25) is 9.59 Å². The maximum atomic E-state index is 13.2. The molecule has 4 heteroatoms. The minimum atomic E-state index is -0.442. The van der Waals surface area contributed by atoms with E-state index in [-0.39, 0.29) is 5.43 Å². The van der Waals surface area contributed by atoms with E-state index in [1.807, 2.05) is 30.3 Å². The molecule has 3 aromatic carbocycles. The average Bonchev–Trinajstić information content (AvgIpc) is 2.62. The molecule has 0 spiro atoms. The molecule has 4 rings (SSSR count). The maximum Gasteiger partial charge on any atom is 0.308 e. The summed E-state index contributed by atoms with van der Waals surface area (Å²) in [6.45, 7) is 1.33. The predicted molar refractivity (Wildman–Crippen MR) is 96.7 cm³/mol. The van der Waals surface area contributed by atoms with Gasteiger partial charge < -0.3 is 9.15 Å². The van der Waals surface area contributed by atoms with Crippen LogP contribution in [0.4, 0.5) is 0 Å². The van der Waals surface area contributed by atoms with Gasteiger partial charge in [0.1, 0.15) is 17.6 Å². The van der Waals surface area contributed by atoms with Crippen LogP contribution in [0.5, 0.6) is 5.75 Å². The largest absolute Gasteiger partial charge is 0.463 e. The van der Waals surface area contributed by atoms with Crippen molar-refractivity contribution in [2.75, 3.05) is 0 Å². The first-order valence-electron chi connectivity index (χ1n) is 7.86. The van der Waals surface area contributed by atoms with Crippen LogP contribution in [0.2, 0.25) is 0 Å². The first-order chi connectivity index (χ1) is 12.1. The zero-order chi connectivity index (χ0) is 17.4. The Morgan fingerprint density at radius 3 is 2.52 bits per heavy atom. The van der Waals surface area contributed by atoms with Crippen LogP contribution in [0.25, 0.3) is 32.9 Å². The molecule has 0 bridgehead atoms. The Morgan fingerprint density at radius 1 is 0.920 bits per heavy atom. The molecule has 4 aromatic rings. The molecule has 0 saturated carbocycles. The lowest BCUT2D eigenvalue weighted by atomic mass is 10.0. The van der Waals surface area contributed by atoms with Gasteiger partial charge in [0.2, 0.25) is 5.43 Å². The topological polar surface area (TPSA) is 56.5 Å². The Morgan fingerprint density at radius 2 is 1.68 bits per heavy atom. The Bertz CT molecular complexity index is 1170. The third-order valence-corrected chi connectivity index (χ3v) is 4.10. The first kappa shape index (κ1) is 15.1. The summed E-state index contributed by atoms with van der Waals surface area (Å²) in [6.07, 6.45) is 1.42. The van der Waals surface area contributed by atoms with Crippen molar-refractivity contribution in [1.29, 1.82) is 0 Å². The van der Waals surface area contributed by atoms with Gasteiger partial charge in [-0.2, -0.15) is 0 Å². The Labute approximate surface area is 143 Å². The number of para-hydroxylation sites is 1. The molecule has 122 valence electrons. The van der Waals surface area contributed by atoms with Gasteiger partial charge in [-0.05, 0) is 22.9 Å². The van der Waals surface area contributed by atoms with Crippen LogP contribution in [0.15, 0.2) is 76.1 Å². The van der Waals surface area contributed by atoms with E-state index in [4.69, 9.17) is 9.15 Å². The quantitative estimate of drug-likeness (QED) is 0.308. The van der Waals surface area contributed by atoms with E-state index in [1.165, 1.54) is 13.2 Å². The summed E-state index contributed by atoms with van der Waals surface area (Å²) in [5, 5.41) is 2.32. The van der Waals surface area contributed by atoms with Gasteiger partial charge in [-0.25, -0.2) is 0 Å². The second-order valence-corrected chi connectivity index (χ2v) is 5.73. The van der Waals surface area contributed by atoms with E-state index < -0.39 is 5.97 Å². The van der Waals surface area contributed by atoms with Crippen LogP contribution >= 0.6 is 0 Å². The Hall–Kier alpha value is -3.40. The fourth-order valence-electron chi connectivity index (χ4n) is 3.01. The van der Waals surface area contributed by atoms with Crippen LogP contribution in [-0.4, -0.2) is 5.97 Å². The third kappa shape index (κ3) is 2.58. The molecule has 0 saturated heterocycles. The number of carbonyl (C=O) groups excluding carboxylic acids is 1. The minimum absolute atomic E-state index is 0.155. The third-order valence-electron chi connectivity index (χ3n) is 4.10. The van der Waals surface area contributed by atoms with Gasteiger partial charge in [0.15, 0.2) is 0 Å². The van der Waals surface area contributed by atoms with Crippen LogP contribution in [0, 0.1) is 0 Å². The monoisotopic (exact) mass is 330 g/mol. The number of carbonyl (C=O) groups is 1. The lowest BCUT2D eigenvalue weighted by Crippen LogP contribution is -2.08. The van der Waals surface area contributed by atoms with E-state index in [2.05, 4.69) is 0 Å². The second kappa shape index (κ2) is 5.91. The van der Waals surface area contributed by atoms with Gasteiger partial charge >= 0.3 is 5.97 Å². The number of ether oxygens (including phenoxy) is 1. The van der Waals surface area contributed by atoms with E-state index in [9.17, 15) is 9.59 Å². The Balaban J connectivity index is 2.05. The summed E-state index contributed by atoms with van der Waals surface area (Å²) in [5.41, 5.74) is 1.26. The molecule has 0 aliphatic rings. The summed E-state index contributed by atoms with van der Waals surface area (Å²) in [6, 6.07) is 18.3. The zero-order valence-corrected chi connectivity index (χ0v) is 13.5. The van der Waals surface area contributed by atoms with Crippen molar-refractivity contribution >= 4 is 27.7 Å². The number of fused-ring (bicyclic) bond motifs is 3. The molecule has 0 N–H and O–H groups in total. The molecule has 1 aromatic heterocycles. The molecular weight excluding hydrogens is 316 g/mol. The van der Waals surface area contributed by atoms with Gasteiger partial charge in [0, 0.05) is 12.5 Å². The van der Waals surface area contributed by atoms with Gasteiger partial charge in [-0.15, -0.1) is 0 Å². The van der Waals surface area contributed by atoms with Crippen molar-refractivity contribution in [3.8, 4) is 16.9 Å². The molecule has 4 nitrogen and oxygen atoms in total. The number of esters is 1. The summed E-state index contributed by atoms with van der Waals surface area (Å²) in [4.78, 5) is 24.5. The number of hydrogen-bond donors (Lipinski definition) is 0. The van der Waals surface area contributed by atoms with Crippen LogP contribution < -0.4 is 10.2 Å². The molecule has 25 heavy (non-hydrogen) atoms. The summed E-state index contributed by atoms with van der Waals surface area (Å²) in [7, 11) is 0. The second-order valence-electron chi connectivity index (χ2n) is 5.73. The molecule has 0 aliphatic heterocycles. The predicted octanol–water partition coefficient (Wildman–Crippen LogP) is 4.54. The highest BCUT2D eigenvalue weighted by Crippen LogP contribution is 2.31. The number of benzene rings is 3. The molecule has 0 amide bonds. The molecule has 1 heterocycles. The summed E-state index contributed by atoms with van der Waals surface area (Å²) >= 11 is 0. The zero-order valence-electron chi connectivity index (χ0n) is 13.5. The molecule has 0 fully saturated rings. The number of hydrogen-bond acceptors (Lipinski definition) is 4. The van der Waals surface area contributed by atoms with E-state index in [0.29, 0.717) is 27.8 Å². The minimum Gasteiger partial charge on any atom is -0.463 e. The summed E-state index contributed by atoms with van der Waals surface area (Å²) in [5.74, 6) is -0.107. The first-order valence-corrected chi connectivity index (χ1v) is 7.86. The normalized spacial score (nSPS) is 10.9.